The second kappa shape index (κ2) is 6.30. The molecule has 0 aliphatic carbocycles. The Labute approximate surface area is 105 Å². The molecule has 0 heterocycles. The molecule has 0 fully saturated rings. The molecule has 0 spiro atoms. The highest BCUT2D eigenvalue weighted by molar-refractivity contribution is 5.93. The average molecular weight is 246 g/mol. The number of anilines is 1. The molecule has 0 atom stereocenters. The third-order valence-electron chi connectivity index (χ3n) is 2.20. The fourth-order valence-corrected chi connectivity index (χ4v) is 1.31. The largest absolute Gasteiger partial charge is 0.508 e. The van der Waals surface area contributed by atoms with Crippen molar-refractivity contribution in [3.8, 4) is 11.8 Å². The molecule has 0 aliphatic rings. The maximum absolute atomic E-state index is 11.3. The molecule has 0 saturated heterocycles. The van der Waals surface area contributed by atoms with E-state index in [4.69, 9.17) is 10.00 Å². The SMILES string of the molecule is CCOC(=O)/C(C#N)=C\Nc1ccc(O)cc1C. The number of nitrogens with zero attached hydrogens (tertiary/aromatic N) is 1. The van der Waals surface area contributed by atoms with Crippen LogP contribution in [-0.4, -0.2) is 17.7 Å². The Balaban J connectivity index is 2.84. The number of esters is 1. The first-order valence-electron chi connectivity index (χ1n) is 5.42. The number of benzene rings is 1. The summed E-state index contributed by atoms with van der Waals surface area (Å²) in [7, 11) is 0. The minimum Gasteiger partial charge on any atom is -0.508 e. The number of aromatic hydroxyl groups is 1. The molecule has 1 rings (SSSR count). The zero-order valence-electron chi connectivity index (χ0n) is 10.2. The number of carbonyl (C=O) groups excluding carboxylic acids is 1. The van der Waals surface area contributed by atoms with Crippen LogP contribution >= 0.6 is 0 Å². The topological polar surface area (TPSA) is 82.4 Å². The van der Waals surface area contributed by atoms with Crippen molar-refractivity contribution in [3.05, 3.63) is 35.5 Å². The number of ether oxygens (including phenoxy) is 1. The van der Waals surface area contributed by atoms with Gasteiger partial charge in [-0.1, -0.05) is 0 Å². The van der Waals surface area contributed by atoms with Crippen LogP contribution in [0.15, 0.2) is 30.0 Å². The molecule has 0 aliphatic heterocycles. The summed E-state index contributed by atoms with van der Waals surface area (Å²) in [4.78, 5) is 11.3. The number of hydrogen-bond donors (Lipinski definition) is 2. The predicted molar refractivity (Wildman–Crippen MR) is 66.8 cm³/mol. The number of aryl methyl sites for hydroxylation is 1. The molecule has 0 aromatic heterocycles. The molecule has 2 N–H and O–H groups in total. The predicted octanol–water partition coefficient (Wildman–Crippen LogP) is 2.08. The van der Waals surface area contributed by atoms with Gasteiger partial charge in [-0.25, -0.2) is 4.79 Å². The van der Waals surface area contributed by atoms with Crippen LogP contribution in [0.25, 0.3) is 0 Å². The van der Waals surface area contributed by atoms with E-state index < -0.39 is 5.97 Å². The van der Waals surface area contributed by atoms with Gasteiger partial charge in [-0.3, -0.25) is 0 Å². The monoisotopic (exact) mass is 246 g/mol. The van der Waals surface area contributed by atoms with Crippen LogP contribution < -0.4 is 5.32 Å². The lowest BCUT2D eigenvalue weighted by Crippen LogP contribution is -2.08. The summed E-state index contributed by atoms with van der Waals surface area (Å²) in [5.41, 5.74) is 1.39. The third-order valence-corrected chi connectivity index (χ3v) is 2.20. The van der Waals surface area contributed by atoms with E-state index in [1.54, 1.807) is 32.0 Å². The van der Waals surface area contributed by atoms with E-state index >= 15 is 0 Å². The quantitative estimate of drug-likeness (QED) is 0.368. The van der Waals surface area contributed by atoms with Crippen LogP contribution in [0.4, 0.5) is 5.69 Å². The third kappa shape index (κ3) is 3.52. The van der Waals surface area contributed by atoms with Gasteiger partial charge in [0.1, 0.15) is 11.8 Å². The summed E-state index contributed by atoms with van der Waals surface area (Å²) in [6.45, 7) is 3.69. The molecule has 0 amide bonds. The van der Waals surface area contributed by atoms with E-state index in [2.05, 4.69) is 5.32 Å². The molecule has 18 heavy (non-hydrogen) atoms. The highest BCUT2D eigenvalue weighted by Crippen LogP contribution is 2.20. The first kappa shape index (κ1) is 13.6. The number of carbonyl (C=O) groups is 1. The fourth-order valence-electron chi connectivity index (χ4n) is 1.31. The Morgan fingerprint density at radius 2 is 2.33 bits per heavy atom. The van der Waals surface area contributed by atoms with E-state index in [1.165, 1.54) is 12.3 Å². The van der Waals surface area contributed by atoms with Gasteiger partial charge in [0.05, 0.1) is 6.61 Å². The maximum Gasteiger partial charge on any atom is 0.350 e. The van der Waals surface area contributed by atoms with Crippen LogP contribution in [0.1, 0.15) is 12.5 Å². The zero-order valence-corrected chi connectivity index (χ0v) is 10.2. The molecule has 0 unspecified atom stereocenters. The molecule has 5 heteroatoms. The Bertz CT molecular complexity index is 515. The Kier molecular flexibility index (Phi) is 4.76. The fraction of sp³-hybridized carbons (Fsp3) is 0.231. The minimum absolute atomic E-state index is 0.107. The maximum atomic E-state index is 11.3. The molecule has 0 saturated carbocycles. The van der Waals surface area contributed by atoms with Crippen molar-refractivity contribution in [1.29, 1.82) is 5.26 Å². The lowest BCUT2D eigenvalue weighted by molar-refractivity contribution is -0.138. The van der Waals surface area contributed by atoms with E-state index in [0.717, 1.165) is 5.56 Å². The first-order chi connectivity index (χ1) is 8.58. The van der Waals surface area contributed by atoms with Gasteiger partial charge in [0, 0.05) is 11.9 Å². The lowest BCUT2D eigenvalue weighted by atomic mass is 10.2. The average Bonchev–Trinajstić information content (AvgIpc) is 2.32. The standard InChI is InChI=1S/C13H14N2O3/c1-3-18-13(17)10(7-14)8-15-12-5-4-11(16)6-9(12)2/h4-6,8,15-16H,3H2,1-2H3/b10-8-. The highest BCUT2D eigenvalue weighted by Gasteiger charge is 2.09. The van der Waals surface area contributed by atoms with Gasteiger partial charge in [0.25, 0.3) is 0 Å². The smallest absolute Gasteiger partial charge is 0.350 e. The molecule has 1 aromatic carbocycles. The van der Waals surface area contributed by atoms with Gasteiger partial charge in [-0.15, -0.1) is 0 Å². The summed E-state index contributed by atoms with van der Waals surface area (Å²) in [5, 5.41) is 20.9. The van der Waals surface area contributed by atoms with Crippen LogP contribution in [0, 0.1) is 18.3 Å². The van der Waals surface area contributed by atoms with E-state index in [9.17, 15) is 9.90 Å². The van der Waals surface area contributed by atoms with Crippen LogP contribution in [0.2, 0.25) is 0 Å². The van der Waals surface area contributed by atoms with Crippen molar-refractivity contribution in [2.75, 3.05) is 11.9 Å². The molecular formula is C13H14N2O3. The molecule has 0 bridgehead atoms. The van der Waals surface area contributed by atoms with E-state index in [1.807, 2.05) is 0 Å². The van der Waals surface area contributed by atoms with Crippen LogP contribution in [-0.2, 0) is 9.53 Å². The summed E-state index contributed by atoms with van der Waals surface area (Å²) in [6, 6.07) is 6.51. The van der Waals surface area contributed by atoms with Crippen molar-refractivity contribution in [3.63, 3.8) is 0 Å². The normalized spacial score (nSPS) is 10.6. The molecule has 94 valence electrons. The van der Waals surface area contributed by atoms with Gasteiger partial charge in [-0.05, 0) is 37.6 Å². The van der Waals surface area contributed by atoms with Gasteiger partial charge < -0.3 is 15.2 Å². The zero-order chi connectivity index (χ0) is 13.5. The minimum atomic E-state index is -0.663. The molecule has 1 aromatic rings. The number of nitrogens with one attached hydrogen (secondary N) is 1. The second-order valence-electron chi connectivity index (χ2n) is 3.53. The summed E-state index contributed by atoms with van der Waals surface area (Å²) in [6.07, 6.45) is 1.29. The van der Waals surface area contributed by atoms with Crippen molar-refractivity contribution in [2.45, 2.75) is 13.8 Å². The van der Waals surface area contributed by atoms with Crippen LogP contribution in [0.3, 0.4) is 0 Å². The summed E-state index contributed by atoms with van der Waals surface area (Å²) in [5.74, 6) is -0.503. The Morgan fingerprint density at radius 3 is 2.89 bits per heavy atom. The van der Waals surface area contributed by atoms with Gasteiger partial charge in [0.15, 0.2) is 5.57 Å². The number of phenolic OH excluding ortho intramolecular Hbond substituents is 1. The first-order valence-corrected chi connectivity index (χ1v) is 5.42. The second-order valence-corrected chi connectivity index (χ2v) is 3.53. The lowest BCUT2D eigenvalue weighted by Gasteiger charge is -2.06. The van der Waals surface area contributed by atoms with Crippen molar-refractivity contribution in [2.24, 2.45) is 0 Å². The van der Waals surface area contributed by atoms with Crippen LogP contribution in [0.5, 0.6) is 5.75 Å². The molecule has 0 radical (unpaired) electrons. The Hall–Kier alpha value is -2.48. The van der Waals surface area contributed by atoms with Gasteiger partial charge in [0.2, 0.25) is 0 Å². The van der Waals surface area contributed by atoms with Gasteiger partial charge >= 0.3 is 5.97 Å². The van der Waals surface area contributed by atoms with E-state index in [0.29, 0.717) is 5.69 Å². The highest BCUT2D eigenvalue weighted by atomic mass is 16.5. The van der Waals surface area contributed by atoms with Crippen molar-refractivity contribution >= 4 is 11.7 Å². The number of hydrogen-bond acceptors (Lipinski definition) is 5. The number of phenols is 1. The summed E-state index contributed by atoms with van der Waals surface area (Å²) < 4.78 is 4.72. The van der Waals surface area contributed by atoms with Crippen molar-refractivity contribution < 1.29 is 14.6 Å². The number of rotatable bonds is 4. The number of nitriles is 1. The Morgan fingerprint density at radius 1 is 1.61 bits per heavy atom. The summed E-state index contributed by atoms with van der Waals surface area (Å²) >= 11 is 0. The van der Waals surface area contributed by atoms with E-state index in [-0.39, 0.29) is 17.9 Å². The van der Waals surface area contributed by atoms with Gasteiger partial charge in [-0.2, -0.15) is 5.26 Å². The molecular weight excluding hydrogens is 232 g/mol. The van der Waals surface area contributed by atoms with Crippen molar-refractivity contribution in [1.82, 2.24) is 0 Å². The molecule has 5 nitrogen and oxygen atoms in total.